The van der Waals surface area contributed by atoms with Gasteiger partial charge in [-0.1, -0.05) is 164 Å². The third-order valence-corrected chi connectivity index (χ3v) is 12.9. The molecule has 3 nitrogen and oxygen atoms in total. The van der Waals surface area contributed by atoms with E-state index >= 15 is 0 Å². The third kappa shape index (κ3) is 4.54. The first-order valence-corrected chi connectivity index (χ1v) is 20.6. The summed E-state index contributed by atoms with van der Waals surface area (Å²) in [5.74, 6) is 1.77. The van der Waals surface area contributed by atoms with Gasteiger partial charge in [-0.15, -0.1) is 0 Å². The van der Waals surface area contributed by atoms with E-state index in [4.69, 9.17) is 9.15 Å². The molecule has 13 rings (SSSR count). The monoisotopic (exact) mass is 765 g/mol. The van der Waals surface area contributed by atoms with Crippen LogP contribution in [0.1, 0.15) is 22.3 Å². The molecule has 2 heterocycles. The van der Waals surface area contributed by atoms with Crippen LogP contribution in [0.3, 0.4) is 0 Å². The summed E-state index contributed by atoms with van der Waals surface area (Å²) in [5, 5.41) is 6.86. The number of benzene rings is 10. The fourth-order valence-corrected chi connectivity index (χ4v) is 10.4. The van der Waals surface area contributed by atoms with Crippen molar-refractivity contribution in [2.24, 2.45) is 0 Å². The van der Waals surface area contributed by atoms with Crippen molar-refractivity contribution in [3.05, 3.63) is 235 Å². The van der Waals surface area contributed by atoms with E-state index in [-0.39, 0.29) is 0 Å². The second-order valence-corrected chi connectivity index (χ2v) is 15.9. The van der Waals surface area contributed by atoms with Crippen LogP contribution in [0.5, 0.6) is 11.5 Å². The van der Waals surface area contributed by atoms with E-state index < -0.39 is 5.41 Å². The zero-order valence-corrected chi connectivity index (χ0v) is 32.5. The van der Waals surface area contributed by atoms with Crippen molar-refractivity contribution in [1.29, 1.82) is 0 Å². The zero-order valence-electron chi connectivity index (χ0n) is 32.5. The molecule has 1 aliphatic heterocycles. The van der Waals surface area contributed by atoms with Crippen molar-refractivity contribution in [3.63, 3.8) is 0 Å². The molecule has 0 fully saturated rings. The molecule has 60 heavy (non-hydrogen) atoms. The molecule has 1 spiro atoms. The average Bonchev–Trinajstić information content (AvgIpc) is 3.83. The number of anilines is 3. The average molecular weight is 766 g/mol. The first kappa shape index (κ1) is 33.1. The molecule has 0 radical (unpaired) electrons. The Balaban J connectivity index is 1.10. The summed E-state index contributed by atoms with van der Waals surface area (Å²) in [6.45, 7) is 0. The second kappa shape index (κ2) is 12.6. The highest BCUT2D eigenvalue weighted by atomic mass is 16.5. The normalized spacial score (nSPS) is 13.3. The van der Waals surface area contributed by atoms with Crippen molar-refractivity contribution < 1.29 is 9.15 Å². The molecular formula is C57H35NO2. The number of ether oxygens (including phenoxy) is 1. The molecule has 1 aliphatic carbocycles. The van der Waals surface area contributed by atoms with E-state index in [0.29, 0.717) is 0 Å². The molecule has 0 saturated carbocycles. The standard InChI is InChI=1S/C57H35NO2/c1-2-16-40-36(14-1)15-13-21-41(40)37-28-30-38(31-29-37)58(52-35-47-45-19-6-10-25-53(45)60-56(47)46-20-4-3-18-44(46)52)39-32-33-43-42-17-5-7-22-48(42)57(51(43)34-39)49-23-8-11-26-54(49)59-55-27-12-9-24-50(55)57/h1-35H. The maximum absolute atomic E-state index is 6.68. The Hall–Kier alpha value is -7.88. The van der Waals surface area contributed by atoms with Gasteiger partial charge in [0, 0.05) is 44.0 Å². The third-order valence-electron chi connectivity index (χ3n) is 12.9. The van der Waals surface area contributed by atoms with Crippen molar-refractivity contribution in [2.75, 3.05) is 4.90 Å². The van der Waals surface area contributed by atoms with E-state index in [2.05, 4.69) is 211 Å². The highest BCUT2D eigenvalue weighted by Gasteiger charge is 2.51. The zero-order chi connectivity index (χ0) is 39.4. The van der Waals surface area contributed by atoms with Crippen LogP contribution in [0.15, 0.2) is 217 Å². The molecule has 2 aliphatic rings. The van der Waals surface area contributed by atoms with Gasteiger partial charge in [0.15, 0.2) is 0 Å². The lowest BCUT2D eigenvalue weighted by molar-refractivity contribution is 0.436. The van der Waals surface area contributed by atoms with Gasteiger partial charge in [0.1, 0.15) is 22.7 Å². The van der Waals surface area contributed by atoms with E-state index in [1.54, 1.807) is 0 Å². The second-order valence-electron chi connectivity index (χ2n) is 15.9. The molecule has 0 amide bonds. The van der Waals surface area contributed by atoms with Gasteiger partial charge < -0.3 is 14.1 Å². The van der Waals surface area contributed by atoms with Crippen LogP contribution in [-0.4, -0.2) is 0 Å². The van der Waals surface area contributed by atoms with Crippen LogP contribution in [0.2, 0.25) is 0 Å². The summed E-state index contributed by atoms with van der Waals surface area (Å²) >= 11 is 0. The number of hydrogen-bond acceptors (Lipinski definition) is 3. The number of rotatable bonds is 4. The summed E-state index contributed by atoms with van der Waals surface area (Å²) in [5.41, 5.74) is 14.1. The van der Waals surface area contributed by atoms with Crippen LogP contribution in [0, 0.1) is 0 Å². The van der Waals surface area contributed by atoms with E-state index in [1.807, 2.05) is 6.07 Å². The molecule has 11 aromatic rings. The minimum Gasteiger partial charge on any atom is -0.457 e. The molecule has 0 bridgehead atoms. The molecule has 0 unspecified atom stereocenters. The Morgan fingerprint density at radius 3 is 1.75 bits per heavy atom. The molecule has 0 N–H and O–H groups in total. The number of para-hydroxylation sites is 3. The van der Waals surface area contributed by atoms with Gasteiger partial charge in [0.25, 0.3) is 0 Å². The van der Waals surface area contributed by atoms with Gasteiger partial charge in [-0.05, 0) is 92.7 Å². The van der Waals surface area contributed by atoms with E-state index in [0.717, 1.165) is 72.4 Å². The van der Waals surface area contributed by atoms with Gasteiger partial charge in [0.05, 0.1) is 11.1 Å². The summed E-state index contributed by atoms with van der Waals surface area (Å²) in [7, 11) is 0. The first-order valence-electron chi connectivity index (χ1n) is 20.6. The summed E-state index contributed by atoms with van der Waals surface area (Å²) in [4.78, 5) is 2.45. The van der Waals surface area contributed by atoms with Gasteiger partial charge in [-0.25, -0.2) is 0 Å². The highest BCUT2D eigenvalue weighted by Crippen LogP contribution is 2.62. The minimum absolute atomic E-state index is 0.593. The van der Waals surface area contributed by atoms with Gasteiger partial charge in [-0.2, -0.15) is 0 Å². The maximum Gasteiger partial charge on any atom is 0.143 e. The molecule has 0 saturated heterocycles. The lowest BCUT2D eigenvalue weighted by Crippen LogP contribution is -2.32. The molecule has 1 aromatic heterocycles. The lowest BCUT2D eigenvalue weighted by Gasteiger charge is -2.39. The van der Waals surface area contributed by atoms with Crippen LogP contribution < -0.4 is 9.64 Å². The topological polar surface area (TPSA) is 25.6 Å². The summed E-state index contributed by atoms with van der Waals surface area (Å²) in [6.07, 6.45) is 0. The van der Waals surface area contributed by atoms with Crippen LogP contribution >= 0.6 is 0 Å². The summed E-state index contributed by atoms with van der Waals surface area (Å²) < 4.78 is 13.3. The number of nitrogens with zero attached hydrogens (tertiary/aromatic N) is 1. The van der Waals surface area contributed by atoms with Crippen molar-refractivity contribution in [1.82, 2.24) is 0 Å². The Labute approximate surface area is 347 Å². The largest absolute Gasteiger partial charge is 0.457 e. The Morgan fingerprint density at radius 1 is 0.367 bits per heavy atom. The lowest BCUT2D eigenvalue weighted by atomic mass is 9.66. The molecular weight excluding hydrogens is 731 g/mol. The summed E-state index contributed by atoms with van der Waals surface area (Å²) in [6, 6.07) is 76.8. The van der Waals surface area contributed by atoms with Crippen molar-refractivity contribution >= 4 is 60.5 Å². The van der Waals surface area contributed by atoms with Crippen LogP contribution in [0.25, 0.3) is 65.7 Å². The number of furan rings is 1. The fourth-order valence-electron chi connectivity index (χ4n) is 10.4. The predicted octanol–water partition coefficient (Wildman–Crippen LogP) is 15.5. The Morgan fingerprint density at radius 2 is 0.950 bits per heavy atom. The van der Waals surface area contributed by atoms with Gasteiger partial charge >= 0.3 is 0 Å². The van der Waals surface area contributed by atoms with E-state index in [9.17, 15) is 0 Å². The van der Waals surface area contributed by atoms with Crippen molar-refractivity contribution in [3.8, 4) is 33.8 Å². The predicted molar refractivity (Wildman–Crippen MR) is 246 cm³/mol. The highest BCUT2D eigenvalue weighted by molar-refractivity contribution is 6.19. The molecule has 10 aromatic carbocycles. The van der Waals surface area contributed by atoms with Crippen LogP contribution in [-0.2, 0) is 5.41 Å². The van der Waals surface area contributed by atoms with Gasteiger partial charge in [-0.3, -0.25) is 0 Å². The quantitative estimate of drug-likeness (QED) is 0.178. The van der Waals surface area contributed by atoms with Crippen LogP contribution in [0.4, 0.5) is 17.1 Å². The van der Waals surface area contributed by atoms with Gasteiger partial charge in [0.2, 0.25) is 0 Å². The molecule has 3 heteroatoms. The number of fused-ring (bicyclic) bond motifs is 15. The maximum atomic E-state index is 6.68. The fraction of sp³-hybridized carbons (Fsp3) is 0.0175. The van der Waals surface area contributed by atoms with E-state index in [1.165, 1.54) is 44.2 Å². The Bertz CT molecular complexity index is 3490. The SMILES string of the molecule is c1ccc2c(c1)Oc1ccccc1C21c2ccccc2-c2ccc(N(c3ccc(-c4cccc5ccccc45)cc3)c3cc4c5ccccc5oc4c4ccccc34)cc21. The smallest absolute Gasteiger partial charge is 0.143 e. The Kier molecular flexibility index (Phi) is 6.93. The first-order chi connectivity index (χ1) is 29.8. The molecule has 280 valence electrons. The molecule has 0 atom stereocenters. The number of hydrogen-bond donors (Lipinski definition) is 0. The minimum atomic E-state index is -0.593. The van der Waals surface area contributed by atoms with Crippen molar-refractivity contribution in [2.45, 2.75) is 5.41 Å².